The first-order chi connectivity index (χ1) is 8.78. The molecule has 0 radical (unpaired) electrons. The van der Waals surface area contributed by atoms with Gasteiger partial charge in [-0.3, -0.25) is 0 Å². The van der Waals surface area contributed by atoms with Crippen molar-refractivity contribution in [1.82, 2.24) is 0 Å². The first-order valence-electron chi connectivity index (χ1n) is 5.72. The van der Waals surface area contributed by atoms with Gasteiger partial charge in [-0.25, -0.2) is 0 Å². The van der Waals surface area contributed by atoms with Gasteiger partial charge >= 0.3 is 7.12 Å². The highest BCUT2D eigenvalue weighted by atomic mass is 16.5. The molecule has 0 amide bonds. The molecule has 0 saturated carbocycles. The summed E-state index contributed by atoms with van der Waals surface area (Å²) in [5.74, 6) is 0. The zero-order chi connectivity index (χ0) is 12.5. The highest BCUT2D eigenvalue weighted by Gasteiger charge is 2.25. The van der Waals surface area contributed by atoms with Crippen molar-refractivity contribution in [2.24, 2.45) is 0 Å². The Morgan fingerprint density at radius 3 is 2.67 bits per heavy atom. The SMILES string of the molecule is N#Cc1ccc2cc(C3=CCOB3O)ccc2c1. The van der Waals surface area contributed by atoms with Crippen LogP contribution in [0.3, 0.4) is 0 Å². The van der Waals surface area contributed by atoms with Crippen molar-refractivity contribution in [3.05, 3.63) is 53.6 Å². The number of fused-ring (bicyclic) bond motifs is 1. The smallest absolute Gasteiger partial charge is 0.423 e. The molecule has 0 atom stereocenters. The summed E-state index contributed by atoms with van der Waals surface area (Å²) in [6, 6.07) is 13.6. The standard InChI is InChI=1S/C14H10BNO2/c16-9-10-1-2-12-8-13(4-3-11(12)7-10)14-5-6-18-15(14)17/h1-5,7-8,17H,6H2. The van der Waals surface area contributed by atoms with Gasteiger partial charge in [-0.05, 0) is 40.0 Å². The molecule has 0 fully saturated rings. The maximum Gasteiger partial charge on any atom is 0.491 e. The van der Waals surface area contributed by atoms with E-state index in [0.29, 0.717) is 12.2 Å². The number of hydrogen-bond acceptors (Lipinski definition) is 3. The largest absolute Gasteiger partial charge is 0.491 e. The Labute approximate surface area is 105 Å². The third-order valence-corrected chi connectivity index (χ3v) is 3.13. The Bertz CT molecular complexity index is 688. The van der Waals surface area contributed by atoms with E-state index in [1.807, 2.05) is 36.4 Å². The fraction of sp³-hybridized carbons (Fsp3) is 0.0714. The molecule has 4 heteroatoms. The normalized spacial score (nSPS) is 14.7. The topological polar surface area (TPSA) is 53.2 Å². The summed E-state index contributed by atoms with van der Waals surface area (Å²) in [6.07, 6.45) is 1.88. The van der Waals surface area contributed by atoms with Gasteiger partial charge < -0.3 is 9.68 Å². The highest BCUT2D eigenvalue weighted by molar-refractivity contribution is 6.68. The first-order valence-corrected chi connectivity index (χ1v) is 5.72. The summed E-state index contributed by atoms with van der Waals surface area (Å²) in [7, 11) is -0.833. The zero-order valence-electron chi connectivity index (χ0n) is 9.63. The Balaban J connectivity index is 2.10. The minimum Gasteiger partial charge on any atom is -0.423 e. The second-order valence-corrected chi connectivity index (χ2v) is 4.23. The molecule has 0 aliphatic carbocycles. The van der Waals surface area contributed by atoms with Gasteiger partial charge in [-0.15, -0.1) is 0 Å². The molecule has 2 aromatic carbocycles. The van der Waals surface area contributed by atoms with Crippen LogP contribution in [0.15, 0.2) is 42.5 Å². The molecule has 86 valence electrons. The van der Waals surface area contributed by atoms with Gasteiger partial charge in [0.05, 0.1) is 18.2 Å². The molecule has 18 heavy (non-hydrogen) atoms. The van der Waals surface area contributed by atoms with Gasteiger partial charge in [-0.2, -0.15) is 5.26 Å². The van der Waals surface area contributed by atoms with Crippen molar-refractivity contribution in [3.63, 3.8) is 0 Å². The first kappa shape index (κ1) is 11.0. The van der Waals surface area contributed by atoms with Crippen LogP contribution in [-0.4, -0.2) is 18.7 Å². The summed E-state index contributed by atoms with van der Waals surface area (Å²) in [5.41, 5.74) is 2.41. The van der Waals surface area contributed by atoms with Crippen molar-refractivity contribution < 1.29 is 9.68 Å². The minimum atomic E-state index is -0.833. The second-order valence-electron chi connectivity index (χ2n) is 4.23. The van der Waals surface area contributed by atoms with Crippen LogP contribution in [0.4, 0.5) is 0 Å². The average Bonchev–Trinajstić information content (AvgIpc) is 2.84. The van der Waals surface area contributed by atoms with Crippen LogP contribution < -0.4 is 0 Å². The van der Waals surface area contributed by atoms with E-state index in [4.69, 9.17) is 9.92 Å². The quantitative estimate of drug-likeness (QED) is 0.770. The van der Waals surface area contributed by atoms with E-state index in [1.165, 1.54) is 0 Å². The molecule has 2 aromatic rings. The monoisotopic (exact) mass is 235 g/mol. The van der Waals surface area contributed by atoms with Crippen LogP contribution in [0.25, 0.3) is 16.2 Å². The maximum absolute atomic E-state index is 9.66. The molecule has 3 nitrogen and oxygen atoms in total. The van der Waals surface area contributed by atoms with E-state index in [-0.39, 0.29) is 0 Å². The van der Waals surface area contributed by atoms with Crippen LogP contribution >= 0.6 is 0 Å². The van der Waals surface area contributed by atoms with E-state index in [0.717, 1.165) is 21.8 Å². The van der Waals surface area contributed by atoms with Crippen LogP contribution in [0, 0.1) is 11.3 Å². The third kappa shape index (κ3) is 1.80. The van der Waals surface area contributed by atoms with Crippen molar-refractivity contribution in [2.75, 3.05) is 6.61 Å². The number of nitrogens with zero attached hydrogens (tertiary/aromatic N) is 1. The van der Waals surface area contributed by atoms with Crippen LogP contribution in [0.1, 0.15) is 11.1 Å². The Morgan fingerprint density at radius 1 is 1.17 bits per heavy atom. The number of benzene rings is 2. The molecule has 1 aliphatic heterocycles. The van der Waals surface area contributed by atoms with E-state index in [2.05, 4.69) is 6.07 Å². The molecule has 1 N–H and O–H groups in total. The van der Waals surface area contributed by atoms with Crippen molar-refractivity contribution in [1.29, 1.82) is 5.26 Å². The molecule has 3 rings (SSSR count). The molecule has 1 aliphatic rings. The van der Waals surface area contributed by atoms with E-state index in [1.54, 1.807) is 6.07 Å². The predicted molar refractivity (Wildman–Crippen MR) is 70.6 cm³/mol. The fourth-order valence-corrected chi connectivity index (χ4v) is 2.17. The Morgan fingerprint density at radius 2 is 1.94 bits per heavy atom. The van der Waals surface area contributed by atoms with Crippen LogP contribution in [0.2, 0.25) is 0 Å². The number of nitriles is 1. The molecule has 0 unspecified atom stereocenters. The Hall–Kier alpha value is -2.09. The number of hydrogen-bond donors (Lipinski definition) is 1. The Kier molecular flexibility index (Phi) is 2.64. The highest BCUT2D eigenvalue weighted by Crippen LogP contribution is 2.25. The van der Waals surface area contributed by atoms with Crippen molar-refractivity contribution in [3.8, 4) is 6.07 Å². The molecule has 0 aromatic heterocycles. The van der Waals surface area contributed by atoms with Crippen LogP contribution in [0.5, 0.6) is 0 Å². The van der Waals surface area contributed by atoms with E-state index in [9.17, 15) is 5.02 Å². The maximum atomic E-state index is 9.66. The lowest BCUT2D eigenvalue weighted by Crippen LogP contribution is -2.14. The summed E-state index contributed by atoms with van der Waals surface area (Å²) < 4.78 is 5.09. The van der Waals surface area contributed by atoms with Crippen molar-refractivity contribution >= 4 is 23.4 Å². The lowest BCUT2D eigenvalue weighted by Gasteiger charge is -2.06. The van der Waals surface area contributed by atoms with Gasteiger partial charge in [0.25, 0.3) is 0 Å². The lowest BCUT2D eigenvalue weighted by atomic mass is 9.76. The summed E-state index contributed by atoms with van der Waals surface area (Å²) in [4.78, 5) is 0. The van der Waals surface area contributed by atoms with Gasteiger partial charge in [0.1, 0.15) is 0 Å². The van der Waals surface area contributed by atoms with E-state index >= 15 is 0 Å². The third-order valence-electron chi connectivity index (χ3n) is 3.13. The predicted octanol–water partition coefficient (Wildman–Crippen LogP) is 2.14. The molecule has 0 spiro atoms. The summed E-state index contributed by atoms with van der Waals surface area (Å²) in [5, 5.41) is 20.6. The molecular weight excluding hydrogens is 225 g/mol. The molecule has 1 heterocycles. The summed E-state index contributed by atoms with van der Waals surface area (Å²) >= 11 is 0. The minimum absolute atomic E-state index is 0.446. The number of rotatable bonds is 1. The van der Waals surface area contributed by atoms with Crippen molar-refractivity contribution in [2.45, 2.75) is 0 Å². The molecule has 0 bridgehead atoms. The lowest BCUT2D eigenvalue weighted by molar-refractivity contribution is 0.316. The van der Waals surface area contributed by atoms with Gasteiger partial charge in [-0.1, -0.05) is 24.3 Å². The van der Waals surface area contributed by atoms with Gasteiger partial charge in [0.2, 0.25) is 0 Å². The second kappa shape index (κ2) is 4.30. The van der Waals surface area contributed by atoms with Gasteiger partial charge in [0, 0.05) is 0 Å². The molecule has 0 saturated heterocycles. The summed E-state index contributed by atoms with van der Waals surface area (Å²) in [6.45, 7) is 0.446. The van der Waals surface area contributed by atoms with Gasteiger partial charge in [0.15, 0.2) is 0 Å². The van der Waals surface area contributed by atoms with Crippen LogP contribution in [-0.2, 0) is 4.65 Å². The van der Waals surface area contributed by atoms with E-state index < -0.39 is 7.12 Å². The molecular formula is C14H10BNO2. The average molecular weight is 235 g/mol. The zero-order valence-corrected chi connectivity index (χ0v) is 9.63. The fourth-order valence-electron chi connectivity index (χ4n) is 2.17.